The number of carboxylic acid groups (broad SMARTS) is 1. The molecule has 1 saturated heterocycles. The summed E-state index contributed by atoms with van der Waals surface area (Å²) in [5.74, 6) is 0.763. The van der Waals surface area contributed by atoms with E-state index < -0.39 is 5.97 Å². The molecule has 1 aliphatic heterocycles. The lowest BCUT2D eigenvalue weighted by molar-refractivity contribution is -0.136. The summed E-state index contributed by atoms with van der Waals surface area (Å²) < 4.78 is 11.4. The number of hydrogen-bond donors (Lipinski definition) is 1. The summed E-state index contributed by atoms with van der Waals surface area (Å²) in [5, 5.41) is 8.84. The van der Waals surface area contributed by atoms with Crippen molar-refractivity contribution in [3.63, 3.8) is 0 Å². The Morgan fingerprint density at radius 2 is 1.59 bits per heavy atom. The maximum atomic E-state index is 12.6. The van der Waals surface area contributed by atoms with Crippen LogP contribution in [0.5, 0.6) is 11.5 Å². The van der Waals surface area contributed by atoms with Crippen molar-refractivity contribution in [1.29, 1.82) is 0 Å². The van der Waals surface area contributed by atoms with Gasteiger partial charge in [0.1, 0.15) is 11.5 Å². The fourth-order valence-electron chi connectivity index (χ4n) is 3.93. The molecule has 7 nitrogen and oxygen atoms in total. The zero-order valence-electron chi connectivity index (χ0n) is 18.9. The molecule has 176 valence electrons. The monoisotopic (exact) mass is 460 g/mol. The summed E-state index contributed by atoms with van der Waals surface area (Å²) in [4.78, 5) is 29.4. The number of aliphatic carboxylic acids is 1. The Morgan fingerprint density at radius 3 is 2.24 bits per heavy atom. The molecule has 1 aromatic heterocycles. The maximum Gasteiger partial charge on any atom is 0.415 e. The molecule has 1 aliphatic rings. The molecule has 34 heavy (non-hydrogen) atoms. The summed E-state index contributed by atoms with van der Waals surface area (Å²) in [7, 11) is 0. The average molecular weight is 461 g/mol. The van der Waals surface area contributed by atoms with Crippen LogP contribution in [0.15, 0.2) is 72.9 Å². The molecular formula is C27H28N2O5. The van der Waals surface area contributed by atoms with E-state index in [1.54, 1.807) is 35.4 Å². The number of aromatic nitrogens is 1. The highest BCUT2D eigenvalue weighted by molar-refractivity contribution is 5.71. The lowest BCUT2D eigenvalue weighted by Gasteiger charge is -2.31. The second-order valence-corrected chi connectivity index (χ2v) is 8.47. The van der Waals surface area contributed by atoms with Crippen LogP contribution in [-0.2, 0) is 17.6 Å². The Morgan fingerprint density at radius 1 is 0.912 bits per heavy atom. The number of piperidine rings is 1. The zero-order chi connectivity index (χ0) is 23.8. The molecule has 0 atom stereocenters. The predicted octanol–water partition coefficient (Wildman–Crippen LogP) is 4.59. The fraction of sp³-hybridized carbons (Fsp3) is 0.296. The zero-order valence-corrected chi connectivity index (χ0v) is 18.9. The fourth-order valence-corrected chi connectivity index (χ4v) is 3.93. The van der Waals surface area contributed by atoms with Gasteiger partial charge in [0, 0.05) is 31.4 Å². The second kappa shape index (κ2) is 11.3. The van der Waals surface area contributed by atoms with Crippen LogP contribution in [0.1, 0.15) is 29.7 Å². The van der Waals surface area contributed by atoms with E-state index in [0.29, 0.717) is 31.4 Å². The van der Waals surface area contributed by atoms with Crippen LogP contribution >= 0.6 is 0 Å². The first kappa shape index (κ1) is 23.3. The SMILES string of the molecule is O=C(O)Cc1ccc(OCC2CCN(C(=O)Oc3ccc(Cc4ccccn4)cc3)CC2)cc1. The Labute approximate surface area is 199 Å². The molecule has 0 saturated carbocycles. The summed E-state index contributed by atoms with van der Waals surface area (Å²) >= 11 is 0. The quantitative estimate of drug-likeness (QED) is 0.529. The van der Waals surface area contributed by atoms with Crippen LogP contribution in [0, 0.1) is 5.92 Å². The van der Waals surface area contributed by atoms with Gasteiger partial charge in [-0.2, -0.15) is 0 Å². The summed E-state index contributed by atoms with van der Waals surface area (Å²) in [6, 6.07) is 20.5. The molecule has 2 aromatic carbocycles. The van der Waals surface area contributed by atoms with Crippen LogP contribution < -0.4 is 9.47 Å². The number of hydrogen-bond acceptors (Lipinski definition) is 5. The number of ether oxygens (including phenoxy) is 2. The van der Waals surface area contributed by atoms with Crippen molar-refractivity contribution in [1.82, 2.24) is 9.88 Å². The predicted molar refractivity (Wildman–Crippen MR) is 127 cm³/mol. The number of carbonyl (C=O) groups is 2. The van der Waals surface area contributed by atoms with E-state index in [-0.39, 0.29) is 12.5 Å². The number of likely N-dealkylation sites (tertiary alicyclic amines) is 1. The highest BCUT2D eigenvalue weighted by Gasteiger charge is 2.24. The number of carbonyl (C=O) groups excluding carboxylic acids is 1. The standard InChI is InChI=1S/C27H28N2O5/c30-26(31)18-21-4-8-24(9-5-21)33-19-22-12-15-29(16-13-22)27(32)34-25-10-6-20(7-11-25)17-23-3-1-2-14-28-23/h1-11,14,22H,12-13,15-19H2,(H,30,31). The number of pyridine rings is 1. The lowest BCUT2D eigenvalue weighted by Crippen LogP contribution is -2.41. The second-order valence-electron chi connectivity index (χ2n) is 8.47. The third-order valence-electron chi connectivity index (χ3n) is 5.88. The highest BCUT2D eigenvalue weighted by atomic mass is 16.6. The summed E-state index contributed by atoms with van der Waals surface area (Å²) in [6.07, 6.45) is 3.87. The molecule has 1 fully saturated rings. The molecule has 7 heteroatoms. The molecule has 3 aromatic rings. The Hall–Kier alpha value is -3.87. The number of amides is 1. The molecule has 2 heterocycles. The molecule has 0 radical (unpaired) electrons. The third-order valence-corrected chi connectivity index (χ3v) is 5.88. The first-order valence-electron chi connectivity index (χ1n) is 11.4. The van der Waals surface area contributed by atoms with Gasteiger partial charge in [0.25, 0.3) is 0 Å². The first-order valence-corrected chi connectivity index (χ1v) is 11.4. The van der Waals surface area contributed by atoms with Gasteiger partial charge in [-0.3, -0.25) is 9.78 Å². The van der Waals surface area contributed by atoms with Gasteiger partial charge in [-0.1, -0.05) is 30.3 Å². The molecule has 0 unspecified atom stereocenters. The van der Waals surface area contributed by atoms with Crippen molar-refractivity contribution in [2.75, 3.05) is 19.7 Å². The van der Waals surface area contributed by atoms with Crippen LogP contribution in [0.3, 0.4) is 0 Å². The summed E-state index contributed by atoms with van der Waals surface area (Å²) in [6.45, 7) is 1.82. The number of benzene rings is 2. The van der Waals surface area contributed by atoms with Crippen LogP contribution in [0.2, 0.25) is 0 Å². The Balaban J connectivity index is 1.19. The van der Waals surface area contributed by atoms with Crippen LogP contribution in [-0.4, -0.2) is 46.7 Å². The van der Waals surface area contributed by atoms with Gasteiger partial charge in [-0.15, -0.1) is 0 Å². The van der Waals surface area contributed by atoms with Gasteiger partial charge < -0.3 is 19.5 Å². The minimum atomic E-state index is -0.850. The van der Waals surface area contributed by atoms with Gasteiger partial charge >= 0.3 is 12.1 Å². The van der Waals surface area contributed by atoms with Crippen LogP contribution in [0.25, 0.3) is 0 Å². The van der Waals surface area contributed by atoms with E-state index >= 15 is 0 Å². The van der Waals surface area contributed by atoms with Crippen molar-refractivity contribution in [2.45, 2.75) is 25.7 Å². The van der Waals surface area contributed by atoms with E-state index in [9.17, 15) is 9.59 Å². The third kappa shape index (κ3) is 6.81. The smallest absolute Gasteiger partial charge is 0.415 e. The van der Waals surface area contributed by atoms with E-state index in [2.05, 4.69) is 4.98 Å². The maximum absolute atomic E-state index is 12.6. The van der Waals surface area contributed by atoms with Crippen molar-refractivity contribution >= 4 is 12.1 Å². The van der Waals surface area contributed by atoms with Gasteiger partial charge in [-0.05, 0) is 66.3 Å². The number of nitrogens with zero attached hydrogens (tertiary/aromatic N) is 2. The molecule has 1 N–H and O–H groups in total. The molecular weight excluding hydrogens is 432 g/mol. The highest BCUT2D eigenvalue weighted by Crippen LogP contribution is 2.22. The van der Waals surface area contributed by atoms with Crippen LogP contribution in [0.4, 0.5) is 4.79 Å². The van der Waals surface area contributed by atoms with E-state index in [1.165, 1.54) is 0 Å². The molecule has 1 amide bonds. The topological polar surface area (TPSA) is 89.0 Å². The van der Waals surface area contributed by atoms with E-state index in [0.717, 1.165) is 41.8 Å². The molecule has 0 spiro atoms. The van der Waals surface area contributed by atoms with Gasteiger partial charge in [0.05, 0.1) is 13.0 Å². The lowest BCUT2D eigenvalue weighted by atomic mass is 9.98. The van der Waals surface area contributed by atoms with Crippen molar-refractivity contribution in [3.8, 4) is 11.5 Å². The minimum Gasteiger partial charge on any atom is -0.493 e. The average Bonchev–Trinajstić information content (AvgIpc) is 2.85. The van der Waals surface area contributed by atoms with E-state index in [1.807, 2.05) is 42.5 Å². The first-order chi connectivity index (χ1) is 16.5. The molecule has 0 aliphatic carbocycles. The van der Waals surface area contributed by atoms with Gasteiger partial charge in [-0.25, -0.2) is 4.79 Å². The largest absolute Gasteiger partial charge is 0.493 e. The summed E-state index contributed by atoms with van der Waals surface area (Å²) in [5.41, 5.74) is 2.85. The molecule has 4 rings (SSSR count). The van der Waals surface area contributed by atoms with Crippen molar-refractivity contribution in [2.24, 2.45) is 5.92 Å². The van der Waals surface area contributed by atoms with E-state index in [4.69, 9.17) is 14.6 Å². The number of rotatable bonds is 8. The minimum absolute atomic E-state index is 0.00412. The van der Waals surface area contributed by atoms with Crippen molar-refractivity contribution in [3.05, 3.63) is 89.7 Å². The molecule has 0 bridgehead atoms. The Bertz CT molecular complexity index is 1080. The van der Waals surface area contributed by atoms with Crippen molar-refractivity contribution < 1.29 is 24.2 Å². The van der Waals surface area contributed by atoms with Gasteiger partial charge in [0.2, 0.25) is 0 Å². The Kier molecular flexibility index (Phi) is 7.75. The number of carboxylic acids is 1. The van der Waals surface area contributed by atoms with Gasteiger partial charge in [0.15, 0.2) is 0 Å². The normalized spacial score (nSPS) is 13.9.